The van der Waals surface area contributed by atoms with Gasteiger partial charge in [-0.05, 0) is 30.7 Å². The van der Waals surface area contributed by atoms with Crippen molar-refractivity contribution < 1.29 is 9.84 Å². The van der Waals surface area contributed by atoms with E-state index in [1.165, 1.54) is 0 Å². The molecule has 0 bridgehead atoms. The molecule has 0 saturated heterocycles. The van der Waals surface area contributed by atoms with Gasteiger partial charge in [-0.3, -0.25) is 0 Å². The minimum absolute atomic E-state index is 0.127. The fourth-order valence-electron chi connectivity index (χ4n) is 1.06. The van der Waals surface area contributed by atoms with E-state index in [0.717, 1.165) is 5.56 Å². The molecular formula is C10H13NO2S. The third-order valence-electron chi connectivity index (χ3n) is 1.60. The summed E-state index contributed by atoms with van der Waals surface area (Å²) in [4.78, 5) is 0. The predicted octanol–water partition coefficient (Wildman–Crippen LogP) is 1.98. The summed E-state index contributed by atoms with van der Waals surface area (Å²) in [7, 11) is 0. The van der Waals surface area contributed by atoms with E-state index in [4.69, 9.17) is 10.5 Å². The van der Waals surface area contributed by atoms with Crippen molar-refractivity contribution in [2.45, 2.75) is 6.92 Å². The Bertz CT molecular complexity index is 346. The zero-order chi connectivity index (χ0) is 10.6. The predicted molar refractivity (Wildman–Crippen MR) is 60.4 cm³/mol. The van der Waals surface area contributed by atoms with E-state index in [1.807, 2.05) is 6.92 Å². The van der Waals surface area contributed by atoms with Crippen molar-refractivity contribution in [3.05, 3.63) is 28.8 Å². The molecule has 0 saturated carbocycles. The van der Waals surface area contributed by atoms with Crippen LogP contribution in [-0.2, 0) is 0 Å². The summed E-state index contributed by atoms with van der Waals surface area (Å²) >= 11 is 3.96. The molecule has 0 aliphatic heterocycles. The van der Waals surface area contributed by atoms with Gasteiger partial charge in [-0.15, -0.1) is 12.6 Å². The lowest BCUT2D eigenvalue weighted by Crippen LogP contribution is -1.92. The maximum absolute atomic E-state index is 9.40. The van der Waals surface area contributed by atoms with Crippen molar-refractivity contribution in [3.8, 4) is 11.5 Å². The molecule has 0 spiro atoms. The SMILES string of the molecule is CCOc1cc(/C=C(/N)S)ccc1O. The van der Waals surface area contributed by atoms with Crippen LogP contribution in [0.1, 0.15) is 12.5 Å². The first-order chi connectivity index (χ1) is 6.63. The second kappa shape index (κ2) is 4.81. The van der Waals surface area contributed by atoms with Crippen molar-refractivity contribution >= 4 is 18.7 Å². The minimum atomic E-state index is 0.127. The Morgan fingerprint density at radius 3 is 2.93 bits per heavy atom. The van der Waals surface area contributed by atoms with Gasteiger partial charge in [0.2, 0.25) is 0 Å². The van der Waals surface area contributed by atoms with Gasteiger partial charge in [0.05, 0.1) is 11.6 Å². The number of benzene rings is 1. The summed E-state index contributed by atoms with van der Waals surface area (Å²) < 4.78 is 5.21. The highest BCUT2D eigenvalue weighted by Crippen LogP contribution is 2.27. The molecule has 1 aromatic rings. The Kier molecular flexibility index (Phi) is 3.71. The molecule has 4 heteroatoms. The molecule has 0 aliphatic carbocycles. The fraction of sp³-hybridized carbons (Fsp3) is 0.200. The molecule has 3 N–H and O–H groups in total. The molecule has 0 amide bonds. The fourth-order valence-corrected chi connectivity index (χ4v) is 1.21. The third-order valence-corrected chi connectivity index (χ3v) is 1.73. The smallest absolute Gasteiger partial charge is 0.161 e. The van der Waals surface area contributed by atoms with Crippen molar-refractivity contribution in [3.63, 3.8) is 0 Å². The van der Waals surface area contributed by atoms with Crippen LogP contribution in [0.4, 0.5) is 0 Å². The summed E-state index contributed by atoms with van der Waals surface area (Å²) in [6.45, 7) is 2.37. The number of phenolic OH excluding ortho intramolecular Hbond substituents is 1. The topological polar surface area (TPSA) is 55.5 Å². The highest BCUT2D eigenvalue weighted by molar-refractivity contribution is 7.84. The average Bonchev–Trinajstić information content (AvgIpc) is 2.10. The van der Waals surface area contributed by atoms with Crippen LogP contribution in [0.3, 0.4) is 0 Å². The molecule has 0 heterocycles. The highest BCUT2D eigenvalue weighted by Gasteiger charge is 2.01. The number of phenols is 1. The van der Waals surface area contributed by atoms with E-state index in [-0.39, 0.29) is 5.75 Å². The molecule has 0 atom stereocenters. The van der Waals surface area contributed by atoms with Crippen LogP contribution in [0.2, 0.25) is 0 Å². The Balaban J connectivity index is 3.00. The van der Waals surface area contributed by atoms with Gasteiger partial charge in [0.15, 0.2) is 11.5 Å². The number of aromatic hydroxyl groups is 1. The monoisotopic (exact) mass is 211 g/mol. The van der Waals surface area contributed by atoms with Crippen LogP contribution in [0, 0.1) is 0 Å². The second-order valence-corrected chi connectivity index (χ2v) is 3.25. The molecule has 0 fully saturated rings. The molecule has 0 aliphatic rings. The Morgan fingerprint density at radius 2 is 2.36 bits per heavy atom. The van der Waals surface area contributed by atoms with Crippen LogP contribution < -0.4 is 10.5 Å². The maximum atomic E-state index is 9.40. The number of hydrogen-bond donors (Lipinski definition) is 3. The van der Waals surface area contributed by atoms with E-state index in [0.29, 0.717) is 17.4 Å². The normalized spacial score (nSPS) is 11.4. The van der Waals surface area contributed by atoms with E-state index in [2.05, 4.69) is 12.6 Å². The van der Waals surface area contributed by atoms with E-state index in [9.17, 15) is 5.11 Å². The molecule has 1 rings (SSSR count). The zero-order valence-corrected chi connectivity index (χ0v) is 8.79. The molecule has 3 nitrogen and oxygen atoms in total. The Labute approximate surface area is 88.6 Å². The number of thiol groups is 1. The van der Waals surface area contributed by atoms with Crippen molar-refractivity contribution in [1.82, 2.24) is 0 Å². The van der Waals surface area contributed by atoms with Crippen molar-refractivity contribution in [1.29, 1.82) is 0 Å². The summed E-state index contributed by atoms with van der Waals surface area (Å²) in [6.07, 6.45) is 1.69. The Hall–Kier alpha value is -1.29. The summed E-state index contributed by atoms with van der Waals surface area (Å²) in [5, 5.41) is 9.82. The largest absolute Gasteiger partial charge is 0.504 e. The summed E-state index contributed by atoms with van der Waals surface area (Å²) in [6, 6.07) is 5.01. The Morgan fingerprint density at radius 1 is 1.64 bits per heavy atom. The minimum Gasteiger partial charge on any atom is -0.504 e. The van der Waals surface area contributed by atoms with Gasteiger partial charge < -0.3 is 15.6 Å². The van der Waals surface area contributed by atoms with Crippen molar-refractivity contribution in [2.75, 3.05) is 6.61 Å². The lowest BCUT2D eigenvalue weighted by atomic mass is 10.2. The first-order valence-electron chi connectivity index (χ1n) is 4.25. The quantitative estimate of drug-likeness (QED) is 0.670. The van der Waals surface area contributed by atoms with E-state index in [1.54, 1.807) is 24.3 Å². The number of hydrogen-bond acceptors (Lipinski definition) is 4. The van der Waals surface area contributed by atoms with Gasteiger partial charge in [-0.1, -0.05) is 6.07 Å². The van der Waals surface area contributed by atoms with Crippen molar-refractivity contribution in [2.24, 2.45) is 5.73 Å². The third kappa shape index (κ3) is 2.88. The summed E-state index contributed by atoms with van der Waals surface area (Å²) in [5.74, 6) is 0.581. The van der Waals surface area contributed by atoms with Gasteiger partial charge in [-0.25, -0.2) is 0 Å². The van der Waals surface area contributed by atoms with Gasteiger partial charge in [0.25, 0.3) is 0 Å². The van der Waals surface area contributed by atoms with E-state index < -0.39 is 0 Å². The van der Waals surface area contributed by atoms with Crippen LogP contribution in [0.15, 0.2) is 23.2 Å². The van der Waals surface area contributed by atoms with Crippen LogP contribution in [-0.4, -0.2) is 11.7 Å². The van der Waals surface area contributed by atoms with Gasteiger partial charge in [-0.2, -0.15) is 0 Å². The van der Waals surface area contributed by atoms with Crippen LogP contribution in [0.25, 0.3) is 6.08 Å². The molecule has 1 aromatic carbocycles. The van der Waals surface area contributed by atoms with Crippen LogP contribution >= 0.6 is 12.6 Å². The van der Waals surface area contributed by atoms with Gasteiger partial charge in [0, 0.05) is 0 Å². The van der Waals surface area contributed by atoms with Gasteiger partial charge >= 0.3 is 0 Å². The summed E-state index contributed by atoms with van der Waals surface area (Å²) in [5.41, 5.74) is 6.25. The average molecular weight is 211 g/mol. The van der Waals surface area contributed by atoms with Gasteiger partial charge in [0.1, 0.15) is 0 Å². The number of ether oxygens (including phenoxy) is 1. The highest BCUT2D eigenvalue weighted by atomic mass is 32.1. The molecule has 0 radical (unpaired) electrons. The molecular weight excluding hydrogens is 198 g/mol. The lowest BCUT2D eigenvalue weighted by molar-refractivity contribution is 0.318. The lowest BCUT2D eigenvalue weighted by Gasteiger charge is -2.06. The number of rotatable bonds is 3. The number of nitrogens with two attached hydrogens (primary N) is 1. The zero-order valence-electron chi connectivity index (χ0n) is 7.90. The molecule has 14 heavy (non-hydrogen) atoms. The standard InChI is InChI=1S/C10H13NO2S/c1-2-13-9-5-7(6-10(11)14)3-4-8(9)12/h3-6,12,14H,2,11H2,1H3/b10-6-. The van der Waals surface area contributed by atoms with E-state index >= 15 is 0 Å². The first kappa shape index (κ1) is 10.8. The second-order valence-electron chi connectivity index (χ2n) is 2.73. The first-order valence-corrected chi connectivity index (χ1v) is 4.70. The molecule has 0 aromatic heterocycles. The maximum Gasteiger partial charge on any atom is 0.161 e. The molecule has 76 valence electrons. The molecule has 0 unspecified atom stereocenters. The van der Waals surface area contributed by atoms with Crippen LogP contribution in [0.5, 0.6) is 11.5 Å².